The molecule has 1 saturated heterocycles. The molecule has 0 saturated carbocycles. The molecule has 1 aromatic heterocycles. The van der Waals surface area contributed by atoms with Crippen molar-refractivity contribution in [1.29, 1.82) is 0 Å². The second-order valence-corrected chi connectivity index (χ2v) is 4.80. The Morgan fingerprint density at radius 1 is 1.35 bits per heavy atom. The van der Waals surface area contributed by atoms with Crippen LogP contribution in [-0.2, 0) is 0 Å². The van der Waals surface area contributed by atoms with Crippen molar-refractivity contribution in [3.8, 4) is 5.88 Å². The third kappa shape index (κ3) is 2.87. The molecule has 0 spiro atoms. The highest BCUT2D eigenvalue weighted by Gasteiger charge is 2.18. The first kappa shape index (κ1) is 12.6. The molecule has 1 aromatic rings. The molecular formula is C11H17BrN4O. The molecule has 2 rings (SSSR count). The lowest BCUT2D eigenvalue weighted by Crippen LogP contribution is -2.46. The molecule has 0 aromatic carbocycles. The smallest absolute Gasteiger partial charge is 0.232 e. The van der Waals surface area contributed by atoms with E-state index in [4.69, 9.17) is 4.74 Å². The van der Waals surface area contributed by atoms with Crippen LogP contribution in [0.4, 0.5) is 5.95 Å². The van der Waals surface area contributed by atoms with Crippen LogP contribution in [0.1, 0.15) is 6.92 Å². The van der Waals surface area contributed by atoms with Crippen LogP contribution >= 0.6 is 15.9 Å². The largest absolute Gasteiger partial charge is 0.480 e. The predicted octanol–water partition coefficient (Wildman–Crippen LogP) is 1.39. The molecule has 0 N–H and O–H groups in total. The Morgan fingerprint density at radius 3 is 2.65 bits per heavy atom. The molecule has 17 heavy (non-hydrogen) atoms. The number of methoxy groups -OCH3 is 1. The number of nitrogens with zero attached hydrogens (tertiary/aromatic N) is 4. The van der Waals surface area contributed by atoms with E-state index in [0.29, 0.717) is 5.88 Å². The Kier molecular flexibility index (Phi) is 4.17. The first-order chi connectivity index (χ1) is 8.24. The molecule has 0 unspecified atom stereocenters. The molecule has 1 aliphatic rings. The van der Waals surface area contributed by atoms with Crippen molar-refractivity contribution in [2.24, 2.45) is 0 Å². The fraction of sp³-hybridized carbons (Fsp3) is 0.636. The minimum atomic E-state index is 0.591. The van der Waals surface area contributed by atoms with E-state index in [2.05, 4.69) is 42.6 Å². The number of likely N-dealkylation sites (N-methyl/N-ethyl adjacent to an activating group) is 1. The van der Waals surface area contributed by atoms with Crippen molar-refractivity contribution in [2.75, 3.05) is 44.7 Å². The molecule has 0 amide bonds. The van der Waals surface area contributed by atoms with Gasteiger partial charge in [-0.15, -0.1) is 0 Å². The summed E-state index contributed by atoms with van der Waals surface area (Å²) >= 11 is 3.36. The predicted molar refractivity (Wildman–Crippen MR) is 70.6 cm³/mol. The van der Waals surface area contributed by atoms with Gasteiger partial charge in [-0.25, -0.2) is 4.98 Å². The minimum Gasteiger partial charge on any atom is -0.480 e. The van der Waals surface area contributed by atoms with Gasteiger partial charge in [0.2, 0.25) is 11.8 Å². The van der Waals surface area contributed by atoms with E-state index >= 15 is 0 Å². The van der Waals surface area contributed by atoms with E-state index in [1.54, 1.807) is 13.3 Å². The number of hydrogen-bond acceptors (Lipinski definition) is 5. The number of aromatic nitrogens is 2. The van der Waals surface area contributed by atoms with Crippen molar-refractivity contribution >= 4 is 21.9 Å². The summed E-state index contributed by atoms with van der Waals surface area (Å²) in [5.41, 5.74) is 0. The van der Waals surface area contributed by atoms with Crippen LogP contribution in [0.3, 0.4) is 0 Å². The van der Waals surface area contributed by atoms with Gasteiger partial charge < -0.3 is 14.5 Å². The Labute approximate surface area is 110 Å². The van der Waals surface area contributed by atoms with Gasteiger partial charge >= 0.3 is 0 Å². The zero-order valence-corrected chi connectivity index (χ0v) is 11.8. The number of rotatable bonds is 3. The van der Waals surface area contributed by atoms with Crippen molar-refractivity contribution in [3.05, 3.63) is 10.7 Å². The summed E-state index contributed by atoms with van der Waals surface area (Å²) in [5, 5.41) is 0. The third-order valence-corrected chi connectivity index (χ3v) is 3.54. The van der Waals surface area contributed by atoms with E-state index in [1.807, 2.05) is 0 Å². The standard InChI is InChI=1S/C11H17BrN4O/c1-3-15-4-6-16(7-5-15)11-13-8-9(12)10(14-11)17-2/h8H,3-7H2,1-2H3. The molecule has 0 radical (unpaired) electrons. The van der Waals surface area contributed by atoms with Crippen LogP contribution in [0.25, 0.3) is 0 Å². The average molecular weight is 301 g/mol. The highest BCUT2D eigenvalue weighted by Crippen LogP contribution is 2.23. The number of halogens is 1. The highest BCUT2D eigenvalue weighted by molar-refractivity contribution is 9.10. The van der Waals surface area contributed by atoms with E-state index in [9.17, 15) is 0 Å². The second-order valence-electron chi connectivity index (χ2n) is 3.95. The third-order valence-electron chi connectivity index (χ3n) is 2.99. The van der Waals surface area contributed by atoms with Crippen molar-refractivity contribution in [2.45, 2.75) is 6.92 Å². The monoisotopic (exact) mass is 300 g/mol. The maximum Gasteiger partial charge on any atom is 0.232 e. The SMILES string of the molecule is CCN1CCN(c2ncc(Br)c(OC)n2)CC1. The highest BCUT2D eigenvalue weighted by atomic mass is 79.9. The average Bonchev–Trinajstić information content (AvgIpc) is 2.39. The van der Waals surface area contributed by atoms with Gasteiger partial charge in [-0.3, -0.25) is 0 Å². The number of ether oxygens (including phenoxy) is 1. The minimum absolute atomic E-state index is 0.591. The lowest BCUT2D eigenvalue weighted by Gasteiger charge is -2.34. The van der Waals surface area contributed by atoms with Gasteiger partial charge in [0.1, 0.15) is 0 Å². The molecule has 5 nitrogen and oxygen atoms in total. The normalized spacial score (nSPS) is 17.2. The molecule has 1 aliphatic heterocycles. The number of anilines is 1. The van der Waals surface area contributed by atoms with Crippen LogP contribution in [0.5, 0.6) is 5.88 Å². The Hall–Kier alpha value is -0.880. The summed E-state index contributed by atoms with van der Waals surface area (Å²) in [7, 11) is 1.62. The lowest BCUT2D eigenvalue weighted by molar-refractivity contribution is 0.269. The van der Waals surface area contributed by atoms with Crippen molar-refractivity contribution < 1.29 is 4.74 Å². The fourth-order valence-electron chi connectivity index (χ4n) is 1.90. The fourth-order valence-corrected chi connectivity index (χ4v) is 2.26. The van der Waals surface area contributed by atoms with Gasteiger partial charge in [-0.1, -0.05) is 6.92 Å². The Bertz CT molecular complexity index is 380. The molecule has 94 valence electrons. The Balaban J connectivity index is 2.08. The van der Waals surface area contributed by atoms with E-state index < -0.39 is 0 Å². The number of piperazine rings is 1. The van der Waals surface area contributed by atoms with Gasteiger partial charge in [0, 0.05) is 26.2 Å². The zero-order chi connectivity index (χ0) is 12.3. The quantitative estimate of drug-likeness (QED) is 0.844. The van der Waals surface area contributed by atoms with Crippen molar-refractivity contribution in [3.63, 3.8) is 0 Å². The van der Waals surface area contributed by atoms with Crippen LogP contribution in [0, 0.1) is 0 Å². The van der Waals surface area contributed by atoms with Gasteiger partial charge in [0.05, 0.1) is 17.8 Å². The summed E-state index contributed by atoms with van der Waals surface area (Å²) in [6.07, 6.45) is 1.74. The molecule has 0 bridgehead atoms. The first-order valence-corrected chi connectivity index (χ1v) is 6.57. The second kappa shape index (κ2) is 5.64. The maximum absolute atomic E-state index is 5.18. The van der Waals surface area contributed by atoms with Crippen LogP contribution in [0.15, 0.2) is 10.7 Å². The van der Waals surface area contributed by atoms with Gasteiger partial charge in [-0.2, -0.15) is 4.98 Å². The maximum atomic E-state index is 5.18. The molecular weight excluding hydrogens is 284 g/mol. The molecule has 1 fully saturated rings. The van der Waals surface area contributed by atoms with Gasteiger partial charge in [0.15, 0.2) is 0 Å². The summed E-state index contributed by atoms with van der Waals surface area (Å²) in [5.74, 6) is 1.34. The number of hydrogen-bond donors (Lipinski definition) is 0. The first-order valence-electron chi connectivity index (χ1n) is 5.78. The topological polar surface area (TPSA) is 41.5 Å². The van der Waals surface area contributed by atoms with Crippen LogP contribution < -0.4 is 9.64 Å². The molecule has 0 aliphatic carbocycles. The Morgan fingerprint density at radius 2 is 2.06 bits per heavy atom. The summed E-state index contributed by atoms with van der Waals surface area (Å²) in [4.78, 5) is 13.3. The summed E-state index contributed by atoms with van der Waals surface area (Å²) in [6.45, 7) is 7.38. The van der Waals surface area contributed by atoms with Gasteiger partial charge in [0.25, 0.3) is 0 Å². The molecule has 6 heteroatoms. The van der Waals surface area contributed by atoms with Crippen LogP contribution in [-0.4, -0.2) is 54.7 Å². The zero-order valence-electron chi connectivity index (χ0n) is 10.2. The lowest BCUT2D eigenvalue weighted by atomic mass is 10.3. The van der Waals surface area contributed by atoms with Crippen LogP contribution in [0.2, 0.25) is 0 Å². The van der Waals surface area contributed by atoms with E-state index in [-0.39, 0.29) is 0 Å². The van der Waals surface area contributed by atoms with Crippen molar-refractivity contribution in [1.82, 2.24) is 14.9 Å². The summed E-state index contributed by atoms with van der Waals surface area (Å²) < 4.78 is 5.97. The van der Waals surface area contributed by atoms with E-state index in [1.165, 1.54) is 0 Å². The summed E-state index contributed by atoms with van der Waals surface area (Å²) in [6, 6.07) is 0. The van der Waals surface area contributed by atoms with Gasteiger partial charge in [-0.05, 0) is 22.5 Å². The van der Waals surface area contributed by atoms with E-state index in [0.717, 1.165) is 43.1 Å². The molecule has 0 atom stereocenters. The molecule has 2 heterocycles.